The van der Waals surface area contributed by atoms with E-state index in [0.717, 1.165) is 21.2 Å². The Morgan fingerprint density at radius 2 is 1.82 bits per heavy atom. The van der Waals surface area contributed by atoms with Gasteiger partial charge in [-0.15, -0.1) is 0 Å². The number of rotatable bonds is 1. The largest absolute Gasteiger partial charge is 0.459 e. The van der Waals surface area contributed by atoms with Crippen molar-refractivity contribution in [2.24, 2.45) is 0 Å². The molecule has 1 aliphatic heterocycles. The normalized spacial score (nSPS) is 12.7. The molecule has 0 N–H and O–H groups in total. The maximum Gasteiger partial charge on any atom is 0.298 e. The highest BCUT2D eigenvalue weighted by atomic mass is 35.5. The molecule has 0 saturated heterocycles. The van der Waals surface area contributed by atoms with Crippen LogP contribution in [0.4, 0.5) is 11.4 Å². The van der Waals surface area contributed by atoms with E-state index < -0.39 is 0 Å². The molecule has 0 saturated carbocycles. The molecule has 1 amide bonds. The summed E-state index contributed by atoms with van der Waals surface area (Å²) in [5, 5.41) is 0.593. The highest BCUT2D eigenvalue weighted by Gasteiger charge is 2.30. The standard InChI is InChI=1S/C17H10ClNO2S/c18-11-7-8-16-13(10-11)19(17(20)14-5-3-9-21-14)12-4-1-2-6-15(12)22-16/h1-10H. The topological polar surface area (TPSA) is 33.5 Å². The minimum absolute atomic E-state index is 0.207. The molecule has 108 valence electrons. The third-order valence-electron chi connectivity index (χ3n) is 3.42. The zero-order valence-corrected chi connectivity index (χ0v) is 12.9. The zero-order valence-electron chi connectivity index (χ0n) is 11.3. The summed E-state index contributed by atoms with van der Waals surface area (Å²) < 4.78 is 5.28. The summed E-state index contributed by atoms with van der Waals surface area (Å²) in [6.07, 6.45) is 1.50. The quantitative estimate of drug-likeness (QED) is 0.602. The van der Waals surface area contributed by atoms with Crippen LogP contribution in [0.2, 0.25) is 5.02 Å². The molecule has 3 nitrogen and oxygen atoms in total. The van der Waals surface area contributed by atoms with E-state index in [1.807, 2.05) is 36.4 Å². The fourth-order valence-corrected chi connectivity index (χ4v) is 3.66. The molecule has 5 heteroatoms. The summed E-state index contributed by atoms with van der Waals surface area (Å²) in [5.41, 5.74) is 1.61. The van der Waals surface area contributed by atoms with E-state index in [1.165, 1.54) is 6.26 Å². The molecule has 0 unspecified atom stereocenters. The van der Waals surface area contributed by atoms with E-state index in [1.54, 1.807) is 34.9 Å². The second-order valence-corrected chi connectivity index (χ2v) is 6.32. The molecular weight excluding hydrogens is 318 g/mol. The van der Waals surface area contributed by atoms with Crippen LogP contribution >= 0.6 is 23.4 Å². The van der Waals surface area contributed by atoms with Crippen molar-refractivity contribution in [1.29, 1.82) is 0 Å². The Labute approximate surface area is 136 Å². The maximum atomic E-state index is 12.9. The third-order valence-corrected chi connectivity index (χ3v) is 4.79. The predicted octanol–water partition coefficient (Wildman–Crippen LogP) is 5.38. The van der Waals surface area contributed by atoms with Gasteiger partial charge >= 0.3 is 0 Å². The lowest BCUT2D eigenvalue weighted by atomic mass is 10.2. The summed E-state index contributed by atoms with van der Waals surface area (Å²) in [6, 6.07) is 16.7. The molecule has 0 bridgehead atoms. The smallest absolute Gasteiger partial charge is 0.298 e. The highest BCUT2D eigenvalue weighted by molar-refractivity contribution is 7.99. The van der Waals surface area contributed by atoms with Crippen LogP contribution in [-0.4, -0.2) is 5.91 Å². The number of anilines is 2. The summed E-state index contributed by atoms with van der Waals surface area (Å²) in [7, 11) is 0. The van der Waals surface area contributed by atoms with E-state index in [9.17, 15) is 4.79 Å². The van der Waals surface area contributed by atoms with Gasteiger partial charge in [0, 0.05) is 14.8 Å². The van der Waals surface area contributed by atoms with Gasteiger partial charge in [0.15, 0.2) is 5.76 Å². The van der Waals surface area contributed by atoms with Gasteiger partial charge in [-0.3, -0.25) is 9.69 Å². The van der Waals surface area contributed by atoms with Crippen LogP contribution in [0.15, 0.2) is 75.1 Å². The second kappa shape index (κ2) is 5.23. The van der Waals surface area contributed by atoms with Crippen molar-refractivity contribution in [3.63, 3.8) is 0 Å². The Kier molecular flexibility index (Phi) is 3.21. The Balaban J connectivity index is 1.93. The predicted molar refractivity (Wildman–Crippen MR) is 87.2 cm³/mol. The first kappa shape index (κ1) is 13.5. The van der Waals surface area contributed by atoms with Gasteiger partial charge in [-0.05, 0) is 42.5 Å². The lowest BCUT2D eigenvalue weighted by Crippen LogP contribution is -2.28. The molecule has 1 aliphatic rings. The van der Waals surface area contributed by atoms with Gasteiger partial charge in [-0.25, -0.2) is 0 Å². The summed E-state index contributed by atoms with van der Waals surface area (Å²) >= 11 is 7.75. The molecule has 0 atom stereocenters. The van der Waals surface area contributed by atoms with Crippen molar-refractivity contribution < 1.29 is 9.21 Å². The molecule has 3 aromatic rings. The molecule has 4 rings (SSSR count). The summed E-state index contributed by atoms with van der Waals surface area (Å²) in [6.45, 7) is 0. The average molecular weight is 328 g/mol. The Morgan fingerprint density at radius 3 is 2.64 bits per heavy atom. The van der Waals surface area contributed by atoms with Gasteiger partial charge in [0.1, 0.15) is 0 Å². The van der Waals surface area contributed by atoms with Gasteiger partial charge in [0.05, 0.1) is 17.6 Å². The van der Waals surface area contributed by atoms with Gasteiger partial charge in [0.2, 0.25) is 0 Å². The third kappa shape index (κ3) is 2.12. The Hall–Kier alpha value is -2.17. The van der Waals surface area contributed by atoms with Gasteiger partial charge in [-0.2, -0.15) is 0 Å². The van der Waals surface area contributed by atoms with Crippen molar-refractivity contribution in [3.05, 3.63) is 71.6 Å². The maximum absolute atomic E-state index is 12.9. The highest BCUT2D eigenvalue weighted by Crippen LogP contribution is 2.49. The number of nitrogens with zero attached hydrogens (tertiary/aromatic N) is 1. The summed E-state index contributed by atoms with van der Waals surface area (Å²) in [5.74, 6) is 0.0916. The molecule has 22 heavy (non-hydrogen) atoms. The number of carbonyl (C=O) groups is 1. The van der Waals surface area contributed by atoms with Crippen molar-refractivity contribution in [2.75, 3.05) is 4.90 Å². The molecule has 0 radical (unpaired) electrons. The van der Waals surface area contributed by atoms with Crippen LogP contribution < -0.4 is 4.90 Å². The van der Waals surface area contributed by atoms with Gasteiger partial charge in [-0.1, -0.05) is 35.5 Å². The monoisotopic (exact) mass is 327 g/mol. The fraction of sp³-hybridized carbons (Fsp3) is 0. The van der Waals surface area contributed by atoms with Crippen LogP contribution in [-0.2, 0) is 0 Å². The number of fused-ring (bicyclic) bond motifs is 2. The number of amides is 1. The Bertz CT molecular complexity index is 861. The molecule has 1 aromatic heterocycles. The van der Waals surface area contributed by atoms with Crippen LogP contribution in [0.1, 0.15) is 10.6 Å². The van der Waals surface area contributed by atoms with Crippen LogP contribution in [0.25, 0.3) is 0 Å². The van der Waals surface area contributed by atoms with E-state index >= 15 is 0 Å². The lowest BCUT2D eigenvalue weighted by Gasteiger charge is -2.30. The average Bonchev–Trinajstić information content (AvgIpc) is 3.06. The minimum Gasteiger partial charge on any atom is -0.459 e. The van der Waals surface area contributed by atoms with Gasteiger partial charge < -0.3 is 4.42 Å². The number of hydrogen-bond acceptors (Lipinski definition) is 3. The SMILES string of the molecule is O=C(c1ccco1)N1c2ccccc2Sc2ccc(Cl)cc21. The van der Waals surface area contributed by atoms with Crippen molar-refractivity contribution in [1.82, 2.24) is 0 Å². The molecular formula is C17H10ClNO2S. The molecule has 2 heterocycles. The Morgan fingerprint density at radius 1 is 1.00 bits per heavy atom. The van der Waals surface area contributed by atoms with Crippen molar-refractivity contribution in [3.8, 4) is 0 Å². The van der Waals surface area contributed by atoms with Crippen LogP contribution in [0.3, 0.4) is 0 Å². The molecule has 0 fully saturated rings. The van der Waals surface area contributed by atoms with Crippen LogP contribution in [0, 0.1) is 0 Å². The van der Waals surface area contributed by atoms with Crippen molar-refractivity contribution >= 4 is 40.6 Å². The number of hydrogen-bond donors (Lipinski definition) is 0. The first-order valence-corrected chi connectivity index (χ1v) is 7.88. The number of carbonyl (C=O) groups excluding carboxylic acids is 1. The molecule has 0 aliphatic carbocycles. The van der Waals surface area contributed by atoms with E-state index in [2.05, 4.69) is 0 Å². The molecule has 2 aromatic carbocycles. The minimum atomic E-state index is -0.207. The second-order valence-electron chi connectivity index (χ2n) is 4.80. The van der Waals surface area contributed by atoms with Crippen LogP contribution in [0.5, 0.6) is 0 Å². The van der Waals surface area contributed by atoms with Crippen molar-refractivity contribution in [2.45, 2.75) is 9.79 Å². The van der Waals surface area contributed by atoms with E-state index in [-0.39, 0.29) is 5.91 Å². The number of furan rings is 1. The summed E-state index contributed by atoms with van der Waals surface area (Å²) in [4.78, 5) is 16.6. The lowest BCUT2D eigenvalue weighted by molar-refractivity contribution is 0.0972. The first-order chi connectivity index (χ1) is 10.7. The van der Waals surface area contributed by atoms with E-state index in [0.29, 0.717) is 10.8 Å². The molecule has 0 spiro atoms. The number of para-hydroxylation sites is 1. The fourth-order valence-electron chi connectivity index (χ4n) is 2.46. The number of halogens is 1. The first-order valence-electron chi connectivity index (χ1n) is 6.68. The van der Waals surface area contributed by atoms with E-state index in [4.69, 9.17) is 16.0 Å². The zero-order chi connectivity index (χ0) is 15.1. The number of benzene rings is 2. The van der Waals surface area contributed by atoms with Gasteiger partial charge in [0.25, 0.3) is 5.91 Å².